The first kappa shape index (κ1) is 15.1. The van der Waals surface area contributed by atoms with E-state index in [2.05, 4.69) is 10.1 Å². The minimum atomic E-state index is -0.290. The lowest BCUT2D eigenvalue weighted by Gasteiger charge is -2.21. The van der Waals surface area contributed by atoms with Gasteiger partial charge in [-0.2, -0.15) is 0 Å². The summed E-state index contributed by atoms with van der Waals surface area (Å²) < 4.78 is 20.0. The number of halogens is 1. The van der Waals surface area contributed by atoms with Gasteiger partial charge in [-0.05, 0) is 55.0 Å². The van der Waals surface area contributed by atoms with Gasteiger partial charge in [0.1, 0.15) is 5.82 Å². The minimum absolute atomic E-state index is 0.139. The first-order valence-corrected chi connectivity index (χ1v) is 8.14. The van der Waals surface area contributed by atoms with Crippen LogP contribution in [0.2, 0.25) is 0 Å². The fourth-order valence-electron chi connectivity index (χ4n) is 3.19. The maximum Gasteiger partial charge on any atom is 0.272 e. The van der Waals surface area contributed by atoms with Crippen LogP contribution >= 0.6 is 0 Å². The van der Waals surface area contributed by atoms with Gasteiger partial charge in [-0.3, -0.25) is 9.89 Å². The Morgan fingerprint density at radius 1 is 1.29 bits per heavy atom. The first-order chi connectivity index (χ1) is 11.7. The van der Waals surface area contributed by atoms with E-state index in [9.17, 15) is 9.18 Å². The maximum atomic E-state index is 13.1. The van der Waals surface area contributed by atoms with Crippen LogP contribution in [-0.2, 0) is 11.2 Å². The number of hydrogen-bond donors (Lipinski definition) is 1. The molecule has 2 aromatic heterocycles. The molecule has 3 heterocycles. The number of aromatic amines is 1. The van der Waals surface area contributed by atoms with Gasteiger partial charge in [0.05, 0.1) is 5.69 Å². The van der Waals surface area contributed by atoms with Crippen LogP contribution in [0.15, 0.2) is 41.2 Å². The third-order valence-electron chi connectivity index (χ3n) is 4.41. The molecule has 1 aromatic carbocycles. The van der Waals surface area contributed by atoms with Crippen LogP contribution in [-0.4, -0.2) is 27.8 Å². The molecule has 1 saturated heterocycles. The maximum absolute atomic E-state index is 13.1. The molecule has 0 bridgehead atoms. The van der Waals surface area contributed by atoms with Gasteiger partial charge in [0.15, 0.2) is 5.65 Å². The molecule has 24 heavy (non-hydrogen) atoms. The van der Waals surface area contributed by atoms with E-state index in [1.54, 1.807) is 18.2 Å². The molecule has 6 heteroatoms. The van der Waals surface area contributed by atoms with Crippen LogP contribution in [0, 0.1) is 11.7 Å². The third kappa shape index (κ3) is 2.97. The third-order valence-corrected chi connectivity index (χ3v) is 4.41. The number of ether oxygens (including phenoxy) is 1. The molecule has 1 unspecified atom stereocenters. The Morgan fingerprint density at radius 3 is 2.88 bits per heavy atom. The lowest BCUT2D eigenvalue weighted by atomic mass is 9.97. The Kier molecular flexibility index (Phi) is 3.90. The van der Waals surface area contributed by atoms with Crippen LogP contribution in [0.4, 0.5) is 4.39 Å². The Balaban J connectivity index is 1.67. The number of hydrogen-bond acceptors (Lipinski definition) is 3. The molecule has 3 aromatic rings. The highest BCUT2D eigenvalue weighted by Gasteiger charge is 2.16. The molecule has 0 saturated carbocycles. The van der Waals surface area contributed by atoms with Crippen molar-refractivity contribution in [2.45, 2.75) is 19.3 Å². The van der Waals surface area contributed by atoms with Crippen molar-refractivity contribution in [1.82, 2.24) is 14.6 Å². The smallest absolute Gasteiger partial charge is 0.272 e. The zero-order valence-electron chi connectivity index (χ0n) is 13.2. The normalized spacial score (nSPS) is 18.1. The second kappa shape index (κ2) is 6.20. The lowest BCUT2D eigenvalue weighted by Crippen LogP contribution is -2.22. The van der Waals surface area contributed by atoms with E-state index in [1.165, 1.54) is 16.6 Å². The molecule has 1 N–H and O–H groups in total. The quantitative estimate of drug-likeness (QED) is 0.805. The molecule has 1 fully saturated rings. The Hall–Kier alpha value is -2.47. The molecule has 0 spiro atoms. The van der Waals surface area contributed by atoms with Crippen LogP contribution in [0.3, 0.4) is 0 Å². The van der Waals surface area contributed by atoms with Crippen molar-refractivity contribution in [2.24, 2.45) is 5.92 Å². The molecule has 0 radical (unpaired) electrons. The van der Waals surface area contributed by atoms with Gasteiger partial charge in [0.25, 0.3) is 5.56 Å². The average molecular weight is 327 g/mol. The van der Waals surface area contributed by atoms with Crippen LogP contribution in [0.5, 0.6) is 0 Å². The van der Waals surface area contributed by atoms with E-state index in [0.29, 0.717) is 11.6 Å². The standard InChI is InChI=1S/C18H18FN3O2/c19-14-5-3-13(4-6-14)16-10-17-20-15(9-18(23)22(17)21-16)8-12-2-1-7-24-11-12/h3-6,9-10,12,21H,1-2,7-8,11H2. The summed E-state index contributed by atoms with van der Waals surface area (Å²) in [7, 11) is 0. The van der Waals surface area contributed by atoms with Gasteiger partial charge >= 0.3 is 0 Å². The zero-order chi connectivity index (χ0) is 16.5. The summed E-state index contributed by atoms with van der Waals surface area (Å²) in [4.78, 5) is 16.9. The predicted octanol–water partition coefficient (Wildman–Crippen LogP) is 2.80. The summed E-state index contributed by atoms with van der Waals surface area (Å²) >= 11 is 0. The molecule has 5 nitrogen and oxygen atoms in total. The van der Waals surface area contributed by atoms with E-state index < -0.39 is 0 Å². The van der Waals surface area contributed by atoms with Crippen molar-refractivity contribution in [3.63, 3.8) is 0 Å². The highest BCUT2D eigenvalue weighted by atomic mass is 19.1. The summed E-state index contributed by atoms with van der Waals surface area (Å²) in [6, 6.07) is 9.52. The second-order valence-corrected chi connectivity index (χ2v) is 6.24. The molecule has 1 aliphatic heterocycles. The monoisotopic (exact) mass is 327 g/mol. The summed E-state index contributed by atoms with van der Waals surface area (Å²) in [5, 5.41) is 3.02. The lowest BCUT2D eigenvalue weighted by molar-refractivity contribution is 0.0547. The van der Waals surface area contributed by atoms with Gasteiger partial charge in [0, 0.05) is 31.0 Å². The van der Waals surface area contributed by atoms with Crippen LogP contribution in [0.25, 0.3) is 16.9 Å². The van der Waals surface area contributed by atoms with Gasteiger partial charge in [-0.1, -0.05) is 0 Å². The first-order valence-electron chi connectivity index (χ1n) is 8.14. The number of rotatable bonds is 3. The van der Waals surface area contributed by atoms with Crippen molar-refractivity contribution in [2.75, 3.05) is 13.2 Å². The van der Waals surface area contributed by atoms with Crippen molar-refractivity contribution < 1.29 is 9.13 Å². The molecular formula is C18H18FN3O2. The zero-order valence-corrected chi connectivity index (χ0v) is 13.2. The highest BCUT2D eigenvalue weighted by Crippen LogP contribution is 2.20. The van der Waals surface area contributed by atoms with E-state index in [0.717, 1.165) is 49.4 Å². The van der Waals surface area contributed by atoms with E-state index in [1.807, 2.05) is 6.07 Å². The van der Waals surface area contributed by atoms with Crippen molar-refractivity contribution >= 4 is 5.65 Å². The molecule has 4 rings (SSSR count). The van der Waals surface area contributed by atoms with Gasteiger partial charge in [-0.15, -0.1) is 0 Å². The Labute approximate surface area is 138 Å². The average Bonchev–Trinajstić information content (AvgIpc) is 3.01. The molecular weight excluding hydrogens is 309 g/mol. The second-order valence-electron chi connectivity index (χ2n) is 6.24. The van der Waals surface area contributed by atoms with Crippen LogP contribution in [0.1, 0.15) is 18.5 Å². The SMILES string of the molecule is O=c1cc(CC2CCCOC2)nc2cc(-c3ccc(F)cc3)[nH]n12. The summed E-state index contributed by atoms with van der Waals surface area (Å²) in [6.45, 7) is 1.56. The summed E-state index contributed by atoms with van der Waals surface area (Å²) in [6.07, 6.45) is 2.92. The number of nitrogens with zero attached hydrogens (tertiary/aromatic N) is 2. The van der Waals surface area contributed by atoms with Gasteiger partial charge < -0.3 is 4.74 Å². The number of fused-ring (bicyclic) bond motifs is 1. The highest BCUT2D eigenvalue weighted by molar-refractivity contribution is 5.63. The molecule has 1 atom stereocenters. The van der Waals surface area contributed by atoms with E-state index >= 15 is 0 Å². The summed E-state index contributed by atoms with van der Waals surface area (Å²) in [5.74, 6) is 0.130. The Bertz CT molecular complexity index is 908. The van der Waals surface area contributed by atoms with Crippen molar-refractivity contribution in [3.8, 4) is 11.3 Å². The molecule has 0 amide bonds. The van der Waals surface area contributed by atoms with Crippen molar-refractivity contribution in [3.05, 3.63) is 58.3 Å². The fourth-order valence-corrected chi connectivity index (χ4v) is 3.19. The van der Waals surface area contributed by atoms with Crippen LogP contribution < -0.4 is 5.56 Å². The number of nitrogens with one attached hydrogen (secondary N) is 1. The molecule has 1 aliphatic rings. The minimum Gasteiger partial charge on any atom is -0.381 e. The number of benzene rings is 1. The Morgan fingerprint density at radius 2 is 2.12 bits per heavy atom. The van der Waals surface area contributed by atoms with E-state index in [4.69, 9.17) is 4.74 Å². The fraction of sp³-hybridized carbons (Fsp3) is 0.333. The largest absolute Gasteiger partial charge is 0.381 e. The van der Waals surface area contributed by atoms with E-state index in [-0.39, 0.29) is 11.4 Å². The number of aromatic nitrogens is 3. The van der Waals surface area contributed by atoms with Gasteiger partial charge in [0.2, 0.25) is 0 Å². The van der Waals surface area contributed by atoms with Gasteiger partial charge in [-0.25, -0.2) is 13.9 Å². The summed E-state index contributed by atoms with van der Waals surface area (Å²) in [5.41, 5.74) is 2.77. The molecule has 0 aliphatic carbocycles. The van der Waals surface area contributed by atoms with Crippen molar-refractivity contribution in [1.29, 1.82) is 0 Å². The number of H-pyrrole nitrogens is 1. The molecule has 124 valence electrons. The topological polar surface area (TPSA) is 59.4 Å². The predicted molar refractivity (Wildman–Crippen MR) is 88.5 cm³/mol.